The van der Waals surface area contributed by atoms with Gasteiger partial charge in [0.1, 0.15) is 5.52 Å². The molecule has 0 radical (unpaired) electrons. The zero-order chi connectivity index (χ0) is 20.5. The van der Waals surface area contributed by atoms with Gasteiger partial charge in [-0.25, -0.2) is 4.98 Å². The summed E-state index contributed by atoms with van der Waals surface area (Å²) >= 11 is 0. The van der Waals surface area contributed by atoms with Crippen molar-refractivity contribution in [2.24, 2.45) is 0 Å². The second-order valence-electron chi connectivity index (χ2n) is 7.54. The van der Waals surface area contributed by atoms with Crippen LogP contribution >= 0.6 is 0 Å². The van der Waals surface area contributed by atoms with E-state index in [0.29, 0.717) is 29.8 Å². The monoisotopic (exact) mass is 402 g/mol. The molecular formula is C23H22N4O3. The maximum Gasteiger partial charge on any atom is 0.276 e. The predicted molar refractivity (Wildman–Crippen MR) is 114 cm³/mol. The summed E-state index contributed by atoms with van der Waals surface area (Å²) in [4.78, 5) is 29.8. The second-order valence-corrected chi connectivity index (χ2v) is 7.54. The third kappa shape index (κ3) is 3.37. The van der Waals surface area contributed by atoms with Crippen molar-refractivity contribution < 1.29 is 9.53 Å². The lowest BCUT2D eigenvalue weighted by Gasteiger charge is -2.13. The Labute approximate surface area is 172 Å². The molecule has 7 heteroatoms. The van der Waals surface area contributed by atoms with Crippen molar-refractivity contribution in [1.29, 1.82) is 0 Å². The van der Waals surface area contributed by atoms with Gasteiger partial charge in [0.15, 0.2) is 5.65 Å². The first-order valence-corrected chi connectivity index (χ1v) is 10.1. The van der Waals surface area contributed by atoms with Crippen LogP contribution in [-0.4, -0.2) is 39.1 Å². The molecule has 1 saturated heterocycles. The summed E-state index contributed by atoms with van der Waals surface area (Å²) in [6.45, 7) is 1.68. The number of carbonyl (C=O) groups is 1. The number of aromatic nitrogens is 3. The standard InChI is InChI=1S/C23H22N4O3/c28-22(25-14-18-4-3-13-30-18)17-9-7-16(8-10-17)15-27-21-19(5-1-11-24-21)26-12-2-6-20(26)23(27)29/h1-2,5-12,18H,3-4,13-15H2,(H,25,28)/t18-/m0/s1. The highest BCUT2D eigenvalue weighted by Gasteiger charge is 2.17. The van der Waals surface area contributed by atoms with Crippen molar-refractivity contribution in [3.63, 3.8) is 0 Å². The summed E-state index contributed by atoms with van der Waals surface area (Å²) in [5.74, 6) is -0.115. The first kappa shape index (κ1) is 18.6. The number of carbonyl (C=O) groups excluding carboxylic acids is 1. The van der Waals surface area contributed by atoms with E-state index in [1.165, 1.54) is 0 Å². The molecule has 30 heavy (non-hydrogen) atoms. The van der Waals surface area contributed by atoms with Crippen molar-refractivity contribution in [2.45, 2.75) is 25.5 Å². The second kappa shape index (κ2) is 7.76. The van der Waals surface area contributed by atoms with Gasteiger partial charge in [0.2, 0.25) is 0 Å². The van der Waals surface area contributed by atoms with Crippen LogP contribution in [0.3, 0.4) is 0 Å². The average Bonchev–Trinajstić information content (AvgIpc) is 3.48. The minimum absolute atomic E-state index is 0.0930. The van der Waals surface area contributed by atoms with Crippen LogP contribution in [0.4, 0.5) is 0 Å². The van der Waals surface area contributed by atoms with E-state index < -0.39 is 0 Å². The minimum atomic E-state index is -0.115. The van der Waals surface area contributed by atoms with Crippen molar-refractivity contribution in [2.75, 3.05) is 13.2 Å². The maximum atomic E-state index is 13.0. The number of fused-ring (bicyclic) bond motifs is 3. The highest BCUT2D eigenvalue weighted by Crippen LogP contribution is 2.15. The zero-order valence-corrected chi connectivity index (χ0v) is 16.5. The van der Waals surface area contributed by atoms with Crippen LogP contribution < -0.4 is 10.9 Å². The summed E-state index contributed by atoms with van der Waals surface area (Å²) in [6.07, 6.45) is 5.71. The van der Waals surface area contributed by atoms with E-state index >= 15 is 0 Å². The number of amides is 1. The number of ether oxygens (including phenoxy) is 1. The Morgan fingerprint density at radius 2 is 1.97 bits per heavy atom. The van der Waals surface area contributed by atoms with Crippen molar-refractivity contribution >= 4 is 22.6 Å². The van der Waals surface area contributed by atoms with Gasteiger partial charge in [0, 0.05) is 31.1 Å². The SMILES string of the molecule is O=C(NC[C@@H]1CCCO1)c1ccc(Cn2c(=O)c3cccn3c3cccnc32)cc1. The Balaban J connectivity index is 1.39. The van der Waals surface area contributed by atoms with Crippen LogP contribution in [0.25, 0.3) is 16.7 Å². The van der Waals surface area contributed by atoms with Crippen LogP contribution in [0.2, 0.25) is 0 Å². The van der Waals surface area contributed by atoms with Crippen molar-refractivity contribution in [3.05, 3.63) is 82.4 Å². The number of nitrogens with zero attached hydrogens (tertiary/aromatic N) is 3. The van der Waals surface area contributed by atoms with Gasteiger partial charge in [-0.1, -0.05) is 12.1 Å². The van der Waals surface area contributed by atoms with Gasteiger partial charge in [-0.05, 0) is 54.8 Å². The molecule has 7 nitrogen and oxygen atoms in total. The molecule has 4 aromatic rings. The van der Waals surface area contributed by atoms with Gasteiger partial charge < -0.3 is 14.5 Å². The molecule has 3 aromatic heterocycles. The smallest absolute Gasteiger partial charge is 0.276 e. The quantitative estimate of drug-likeness (QED) is 0.557. The highest BCUT2D eigenvalue weighted by molar-refractivity contribution is 5.94. The average molecular weight is 402 g/mol. The Kier molecular flexibility index (Phi) is 4.80. The third-order valence-corrected chi connectivity index (χ3v) is 5.57. The van der Waals surface area contributed by atoms with Crippen LogP contribution in [-0.2, 0) is 11.3 Å². The summed E-state index contributed by atoms with van der Waals surface area (Å²) in [7, 11) is 0. The van der Waals surface area contributed by atoms with E-state index in [4.69, 9.17) is 4.74 Å². The molecule has 1 amide bonds. The number of hydrogen-bond acceptors (Lipinski definition) is 4. The molecule has 4 heterocycles. The van der Waals surface area contributed by atoms with Gasteiger partial charge in [0.05, 0.1) is 18.2 Å². The lowest BCUT2D eigenvalue weighted by Crippen LogP contribution is -2.31. The molecule has 1 aliphatic rings. The number of benzene rings is 1. The minimum Gasteiger partial charge on any atom is -0.376 e. The van der Waals surface area contributed by atoms with Gasteiger partial charge in [-0.15, -0.1) is 0 Å². The Morgan fingerprint density at radius 3 is 2.77 bits per heavy atom. The number of nitrogens with one attached hydrogen (secondary N) is 1. The Hall–Kier alpha value is -3.45. The fourth-order valence-electron chi connectivity index (χ4n) is 3.99. The van der Waals surface area contributed by atoms with Crippen molar-refractivity contribution in [3.8, 4) is 0 Å². The molecule has 1 fully saturated rings. The van der Waals surface area contributed by atoms with Crippen LogP contribution in [0.15, 0.2) is 65.7 Å². The Morgan fingerprint density at radius 1 is 1.13 bits per heavy atom. The molecular weight excluding hydrogens is 380 g/mol. The first-order valence-electron chi connectivity index (χ1n) is 10.1. The fourth-order valence-corrected chi connectivity index (χ4v) is 3.99. The topological polar surface area (TPSA) is 77.6 Å². The lowest BCUT2D eigenvalue weighted by atomic mass is 10.1. The number of pyridine rings is 1. The summed E-state index contributed by atoms with van der Waals surface area (Å²) in [6, 6.07) is 14.8. The summed E-state index contributed by atoms with van der Waals surface area (Å²) in [5.41, 5.74) is 3.54. The zero-order valence-electron chi connectivity index (χ0n) is 16.5. The lowest BCUT2D eigenvalue weighted by molar-refractivity contribution is 0.0858. The number of rotatable bonds is 5. The Bertz CT molecular complexity index is 1270. The third-order valence-electron chi connectivity index (χ3n) is 5.57. The maximum absolute atomic E-state index is 13.0. The molecule has 0 saturated carbocycles. The molecule has 1 aromatic carbocycles. The molecule has 152 valence electrons. The molecule has 0 bridgehead atoms. The molecule has 0 unspecified atom stereocenters. The molecule has 5 rings (SSSR count). The van der Waals surface area contributed by atoms with Crippen molar-refractivity contribution in [1.82, 2.24) is 19.3 Å². The molecule has 1 N–H and O–H groups in total. The largest absolute Gasteiger partial charge is 0.376 e. The van der Waals surface area contributed by atoms with Crippen LogP contribution in [0.1, 0.15) is 28.8 Å². The van der Waals surface area contributed by atoms with Gasteiger partial charge >= 0.3 is 0 Å². The van der Waals surface area contributed by atoms with E-state index in [0.717, 1.165) is 30.5 Å². The van der Waals surface area contributed by atoms with E-state index in [2.05, 4.69) is 10.3 Å². The van der Waals surface area contributed by atoms with Gasteiger partial charge in [-0.2, -0.15) is 0 Å². The molecule has 1 aliphatic heterocycles. The van der Waals surface area contributed by atoms with E-state index in [1.54, 1.807) is 22.9 Å². The van der Waals surface area contributed by atoms with Crippen LogP contribution in [0.5, 0.6) is 0 Å². The molecule has 0 spiro atoms. The van der Waals surface area contributed by atoms with Gasteiger partial charge in [0.25, 0.3) is 11.5 Å². The summed E-state index contributed by atoms with van der Waals surface area (Å²) < 4.78 is 9.08. The fraction of sp³-hybridized carbons (Fsp3) is 0.261. The molecule has 0 aliphatic carbocycles. The predicted octanol–water partition coefficient (Wildman–Crippen LogP) is 2.61. The molecule has 1 atom stereocenters. The summed E-state index contributed by atoms with van der Waals surface area (Å²) in [5, 5.41) is 2.93. The van der Waals surface area contributed by atoms with Gasteiger partial charge in [-0.3, -0.25) is 14.2 Å². The highest BCUT2D eigenvalue weighted by atomic mass is 16.5. The normalized spacial score (nSPS) is 16.3. The van der Waals surface area contributed by atoms with E-state index in [1.807, 2.05) is 47.0 Å². The van der Waals surface area contributed by atoms with Crippen LogP contribution in [0, 0.1) is 0 Å². The van der Waals surface area contributed by atoms with E-state index in [-0.39, 0.29) is 17.6 Å². The number of hydrogen-bond donors (Lipinski definition) is 1. The first-order chi connectivity index (χ1) is 14.7. The van der Waals surface area contributed by atoms with E-state index in [9.17, 15) is 9.59 Å².